The molecule has 40 heavy (non-hydrogen) atoms. The molecule has 218 valence electrons. The smallest absolute Gasteiger partial charge is 0.310 e. The van der Waals surface area contributed by atoms with Gasteiger partial charge in [0.1, 0.15) is 18.0 Å². The fourth-order valence-electron chi connectivity index (χ4n) is 8.60. The number of hydrogen-bond acceptors (Lipinski definition) is 8. The normalized spacial score (nSPS) is 37.1. The maximum absolute atomic E-state index is 14.5. The zero-order chi connectivity index (χ0) is 29.2. The summed E-state index contributed by atoms with van der Waals surface area (Å²) < 4.78 is 22.6. The van der Waals surface area contributed by atoms with Gasteiger partial charge in [-0.1, -0.05) is 47.1 Å². The molecule has 2 heterocycles. The molecule has 5 rings (SSSR count). The van der Waals surface area contributed by atoms with Crippen molar-refractivity contribution < 1.29 is 37.8 Å². The number of esters is 3. The van der Waals surface area contributed by atoms with Crippen molar-refractivity contribution in [2.75, 3.05) is 7.11 Å². The summed E-state index contributed by atoms with van der Waals surface area (Å²) in [5.41, 5.74) is 0.947. The molecule has 4 aliphatic rings. The lowest BCUT2D eigenvalue weighted by atomic mass is 9.40. The zero-order valence-electron chi connectivity index (χ0n) is 24.7. The third-order valence-corrected chi connectivity index (χ3v) is 11.1. The van der Waals surface area contributed by atoms with Gasteiger partial charge in [-0.05, 0) is 49.2 Å². The molecule has 2 bridgehead atoms. The average Bonchev–Trinajstić information content (AvgIpc) is 3.45. The van der Waals surface area contributed by atoms with Crippen LogP contribution in [0.25, 0.3) is 0 Å². The van der Waals surface area contributed by atoms with E-state index in [-0.39, 0.29) is 48.4 Å². The Morgan fingerprint density at radius 1 is 1.18 bits per heavy atom. The summed E-state index contributed by atoms with van der Waals surface area (Å²) in [7, 11) is 1.36. The van der Waals surface area contributed by atoms with Crippen LogP contribution in [0.3, 0.4) is 0 Å². The van der Waals surface area contributed by atoms with Crippen molar-refractivity contribution in [3.63, 3.8) is 0 Å². The van der Waals surface area contributed by atoms with Gasteiger partial charge in [0.2, 0.25) is 0 Å². The van der Waals surface area contributed by atoms with E-state index in [9.17, 15) is 19.2 Å². The minimum atomic E-state index is -0.879. The highest BCUT2D eigenvalue weighted by molar-refractivity contribution is 5.92. The second kappa shape index (κ2) is 9.88. The van der Waals surface area contributed by atoms with Gasteiger partial charge in [-0.15, -0.1) is 0 Å². The number of ketones is 1. The summed E-state index contributed by atoms with van der Waals surface area (Å²) in [6.07, 6.45) is 4.74. The molecule has 0 radical (unpaired) electrons. The SMILES string of the molecule is CCC(C)C(=O)OC1[C@@H]2CC3=C4CC(=O)O[C@@H](c5ccoc5)[C@]4(C)CCC3[C@@](C)(C2=O)[C@@H](CC(=O)OC)C1(C)C. The van der Waals surface area contributed by atoms with Gasteiger partial charge in [0.25, 0.3) is 0 Å². The molecule has 1 aromatic heterocycles. The molecule has 0 N–H and O–H groups in total. The maximum atomic E-state index is 14.5. The molecular formula is C32H42O8. The van der Waals surface area contributed by atoms with Crippen molar-refractivity contribution in [1.82, 2.24) is 0 Å². The van der Waals surface area contributed by atoms with Crippen molar-refractivity contribution in [1.29, 1.82) is 0 Å². The van der Waals surface area contributed by atoms with Gasteiger partial charge >= 0.3 is 17.9 Å². The molecule has 8 nitrogen and oxygen atoms in total. The van der Waals surface area contributed by atoms with Crippen LogP contribution in [0.15, 0.2) is 34.2 Å². The van der Waals surface area contributed by atoms with E-state index in [1.54, 1.807) is 12.5 Å². The van der Waals surface area contributed by atoms with E-state index in [4.69, 9.17) is 18.6 Å². The van der Waals surface area contributed by atoms with Crippen molar-refractivity contribution in [3.05, 3.63) is 35.3 Å². The van der Waals surface area contributed by atoms with Crippen LogP contribution in [0.1, 0.15) is 91.7 Å². The van der Waals surface area contributed by atoms with Gasteiger partial charge in [-0.3, -0.25) is 19.2 Å². The quantitative estimate of drug-likeness (QED) is 0.248. The second-order valence-electron chi connectivity index (χ2n) is 13.4. The lowest BCUT2D eigenvalue weighted by Gasteiger charge is -2.63. The molecule has 0 amide bonds. The zero-order valence-corrected chi connectivity index (χ0v) is 24.7. The summed E-state index contributed by atoms with van der Waals surface area (Å²) in [6.45, 7) is 11.9. The number of fused-ring (bicyclic) bond motifs is 5. The Morgan fingerprint density at radius 2 is 1.90 bits per heavy atom. The Kier molecular flexibility index (Phi) is 7.07. The lowest BCUT2D eigenvalue weighted by Crippen LogP contribution is -2.66. The monoisotopic (exact) mass is 554 g/mol. The Bertz CT molecular complexity index is 1240. The Morgan fingerprint density at radius 3 is 2.52 bits per heavy atom. The summed E-state index contributed by atoms with van der Waals surface area (Å²) in [6, 6.07) is 1.84. The van der Waals surface area contributed by atoms with Gasteiger partial charge < -0.3 is 18.6 Å². The number of carbonyl (C=O) groups is 4. The maximum Gasteiger partial charge on any atom is 0.310 e. The number of cyclic esters (lactones) is 1. The molecule has 3 fully saturated rings. The second-order valence-corrected chi connectivity index (χ2v) is 13.4. The van der Waals surface area contributed by atoms with Gasteiger partial charge in [0.15, 0.2) is 0 Å². The molecule has 1 aromatic rings. The number of ether oxygens (including phenoxy) is 3. The first kappa shape index (κ1) is 28.6. The van der Waals surface area contributed by atoms with Crippen LogP contribution in [-0.4, -0.2) is 36.9 Å². The molecule has 1 saturated heterocycles. The van der Waals surface area contributed by atoms with Crippen LogP contribution in [-0.2, 0) is 33.4 Å². The van der Waals surface area contributed by atoms with Crippen LogP contribution < -0.4 is 0 Å². The van der Waals surface area contributed by atoms with E-state index in [1.165, 1.54) is 7.11 Å². The first-order valence-electron chi connectivity index (χ1n) is 14.6. The number of allylic oxidation sites excluding steroid dienone is 1. The van der Waals surface area contributed by atoms with Crippen LogP contribution in [0, 0.1) is 39.9 Å². The highest BCUT2D eigenvalue weighted by Gasteiger charge is 2.68. The minimum Gasteiger partial charge on any atom is -0.472 e. The van der Waals surface area contributed by atoms with E-state index in [0.29, 0.717) is 12.8 Å². The van der Waals surface area contributed by atoms with E-state index >= 15 is 0 Å². The molecule has 1 aliphatic heterocycles. The summed E-state index contributed by atoms with van der Waals surface area (Å²) in [5, 5.41) is 0. The Balaban J connectivity index is 1.67. The van der Waals surface area contributed by atoms with Crippen LogP contribution in [0.5, 0.6) is 0 Å². The third-order valence-electron chi connectivity index (χ3n) is 11.1. The molecule has 3 aliphatic carbocycles. The molecule has 3 unspecified atom stereocenters. The van der Waals surface area contributed by atoms with Gasteiger partial charge in [0, 0.05) is 28.2 Å². The van der Waals surface area contributed by atoms with Gasteiger partial charge in [-0.25, -0.2) is 0 Å². The van der Waals surface area contributed by atoms with Crippen molar-refractivity contribution in [2.45, 2.75) is 92.3 Å². The Hall–Kier alpha value is -2.90. The fraction of sp³-hybridized carbons (Fsp3) is 0.688. The molecule has 0 spiro atoms. The predicted octanol–water partition coefficient (Wildman–Crippen LogP) is 5.75. The van der Waals surface area contributed by atoms with E-state index in [0.717, 1.165) is 29.6 Å². The standard InChI is InChI=1S/C32H42O8/c1-8-17(2)29(36)40-28-20-13-19-21(32(6,26(20)35)23(30(28,3)4)15-24(33)37-7)9-11-31(5)22(19)14-25(34)39-27(31)18-10-12-38-16-18/h10,12,16-17,20-21,23,27-28H,8-9,11,13-15H2,1-7H3/t17?,20-,21?,23+,27+,28?,31-,32-/m1/s1. The van der Waals surface area contributed by atoms with Crippen LogP contribution in [0.4, 0.5) is 0 Å². The third kappa shape index (κ3) is 4.07. The van der Waals surface area contributed by atoms with Gasteiger partial charge in [0.05, 0.1) is 37.9 Å². The fourth-order valence-corrected chi connectivity index (χ4v) is 8.60. The number of rotatable bonds is 6. The van der Waals surface area contributed by atoms with E-state index < -0.39 is 40.3 Å². The predicted molar refractivity (Wildman–Crippen MR) is 144 cm³/mol. The number of furan rings is 1. The first-order chi connectivity index (χ1) is 18.8. The average molecular weight is 555 g/mol. The number of Topliss-reactive ketones (excluding diaryl/α,β-unsaturated/α-hetero) is 1. The largest absolute Gasteiger partial charge is 0.472 e. The number of carbonyl (C=O) groups excluding carboxylic acids is 4. The van der Waals surface area contributed by atoms with Gasteiger partial charge in [-0.2, -0.15) is 0 Å². The van der Waals surface area contributed by atoms with E-state index in [2.05, 4.69) is 6.92 Å². The molecule has 8 atom stereocenters. The van der Waals surface area contributed by atoms with Crippen LogP contribution in [0.2, 0.25) is 0 Å². The summed E-state index contributed by atoms with van der Waals surface area (Å²) >= 11 is 0. The molecular weight excluding hydrogens is 512 g/mol. The summed E-state index contributed by atoms with van der Waals surface area (Å²) in [4.78, 5) is 53.4. The van der Waals surface area contributed by atoms with E-state index in [1.807, 2.05) is 40.7 Å². The first-order valence-corrected chi connectivity index (χ1v) is 14.6. The highest BCUT2D eigenvalue weighted by Crippen LogP contribution is 2.68. The lowest BCUT2D eigenvalue weighted by molar-refractivity contribution is -0.200. The Labute approximate surface area is 236 Å². The van der Waals surface area contributed by atoms with Crippen molar-refractivity contribution >= 4 is 23.7 Å². The van der Waals surface area contributed by atoms with Crippen molar-refractivity contribution in [3.8, 4) is 0 Å². The molecule has 8 heteroatoms. The highest BCUT2D eigenvalue weighted by atomic mass is 16.6. The van der Waals surface area contributed by atoms with Crippen LogP contribution >= 0.6 is 0 Å². The topological polar surface area (TPSA) is 109 Å². The van der Waals surface area contributed by atoms with Crippen molar-refractivity contribution in [2.24, 2.45) is 39.9 Å². The number of methoxy groups -OCH3 is 1. The summed E-state index contributed by atoms with van der Waals surface area (Å²) in [5.74, 6) is -2.39. The minimum absolute atomic E-state index is 0.0467. The molecule has 0 aromatic carbocycles. The number of hydrogen-bond donors (Lipinski definition) is 0. The molecule has 2 saturated carbocycles.